The van der Waals surface area contributed by atoms with Crippen LogP contribution in [0.2, 0.25) is 0 Å². The minimum absolute atomic E-state index is 0.255. The van der Waals surface area contributed by atoms with Crippen LogP contribution >= 0.6 is 0 Å². The second kappa shape index (κ2) is 13.0. The number of urea groups is 1. The van der Waals surface area contributed by atoms with Gasteiger partial charge in [0.25, 0.3) is 5.91 Å². The SMILES string of the molecule is CCCCc1cc(NC(=O)Nc2ccc(Oc3ccnc(C(=O)NC)c3)cc2)n(-c2ccc3nc(N(C)C)ccc3c2)n1. The second-order valence-electron chi connectivity index (χ2n) is 10.1. The summed E-state index contributed by atoms with van der Waals surface area (Å²) < 4.78 is 7.60. The number of hydrogen-bond donors (Lipinski definition) is 3. The summed E-state index contributed by atoms with van der Waals surface area (Å²) in [5.74, 6) is 2.16. The minimum atomic E-state index is -0.403. The number of unbranched alkanes of at least 4 members (excludes halogenated alkanes) is 1. The van der Waals surface area contributed by atoms with E-state index in [1.165, 1.54) is 6.20 Å². The number of aryl methyl sites for hydroxylation is 1. The number of hydrogen-bond acceptors (Lipinski definition) is 7. The molecule has 3 heterocycles. The standard InChI is InChI=1S/C32H34N8O3/c1-5-6-7-23-19-30(40(38-23)24-11-14-27-21(18-24)8-15-29(36-27)39(3)4)37-32(42)35-22-9-12-25(13-10-22)43-26-16-17-34-28(20-26)31(41)33-2/h8-20H,5-7H2,1-4H3,(H,33,41)(H2,35,37,42). The van der Waals surface area contributed by atoms with Gasteiger partial charge < -0.3 is 20.3 Å². The van der Waals surface area contributed by atoms with Crippen molar-refractivity contribution < 1.29 is 14.3 Å². The van der Waals surface area contributed by atoms with Crippen molar-refractivity contribution in [2.24, 2.45) is 0 Å². The molecular formula is C32H34N8O3. The lowest BCUT2D eigenvalue weighted by Crippen LogP contribution is -2.21. The first-order chi connectivity index (χ1) is 20.8. The van der Waals surface area contributed by atoms with Crippen molar-refractivity contribution >= 4 is 40.2 Å². The fraction of sp³-hybridized carbons (Fsp3) is 0.219. The lowest BCUT2D eigenvalue weighted by molar-refractivity contribution is 0.0957. The first-order valence-electron chi connectivity index (χ1n) is 14.0. The summed E-state index contributed by atoms with van der Waals surface area (Å²) in [6, 6.07) is 21.6. The second-order valence-corrected chi connectivity index (χ2v) is 10.1. The zero-order chi connectivity index (χ0) is 30.3. The van der Waals surface area contributed by atoms with Crippen molar-refractivity contribution in [2.45, 2.75) is 26.2 Å². The molecule has 0 aliphatic rings. The Hall–Kier alpha value is -5.45. The molecule has 2 aromatic carbocycles. The molecule has 3 N–H and O–H groups in total. The van der Waals surface area contributed by atoms with Crippen molar-refractivity contribution in [2.75, 3.05) is 36.7 Å². The third kappa shape index (κ3) is 7.07. The van der Waals surface area contributed by atoms with Crippen LogP contribution in [0.25, 0.3) is 16.6 Å². The Morgan fingerprint density at radius 1 is 0.930 bits per heavy atom. The number of carbonyl (C=O) groups is 2. The molecule has 0 fully saturated rings. The molecule has 5 rings (SSSR count). The van der Waals surface area contributed by atoms with Gasteiger partial charge in [0, 0.05) is 50.5 Å². The molecule has 0 aliphatic carbocycles. The van der Waals surface area contributed by atoms with Crippen molar-refractivity contribution in [1.82, 2.24) is 25.1 Å². The van der Waals surface area contributed by atoms with Gasteiger partial charge in [0.15, 0.2) is 0 Å². The third-order valence-electron chi connectivity index (χ3n) is 6.69. The number of pyridine rings is 2. The Kier molecular flexibility index (Phi) is 8.80. The van der Waals surface area contributed by atoms with Crippen molar-refractivity contribution in [3.05, 3.63) is 90.4 Å². The van der Waals surface area contributed by atoms with Gasteiger partial charge in [0.2, 0.25) is 0 Å². The highest BCUT2D eigenvalue weighted by molar-refractivity contribution is 5.99. The number of anilines is 3. The molecule has 0 saturated heterocycles. The minimum Gasteiger partial charge on any atom is -0.457 e. The van der Waals surface area contributed by atoms with Crippen molar-refractivity contribution in [3.8, 4) is 17.2 Å². The number of nitrogens with one attached hydrogen (secondary N) is 3. The average molecular weight is 579 g/mol. The predicted molar refractivity (Wildman–Crippen MR) is 169 cm³/mol. The normalized spacial score (nSPS) is 10.8. The van der Waals surface area contributed by atoms with Gasteiger partial charge in [-0.3, -0.25) is 15.1 Å². The number of ether oxygens (including phenoxy) is 1. The van der Waals surface area contributed by atoms with Gasteiger partial charge in [-0.2, -0.15) is 5.10 Å². The van der Waals surface area contributed by atoms with E-state index in [0.717, 1.165) is 47.4 Å². The molecule has 220 valence electrons. The molecule has 3 aromatic heterocycles. The van der Waals surface area contributed by atoms with Crippen LogP contribution in [0.5, 0.6) is 11.5 Å². The van der Waals surface area contributed by atoms with Gasteiger partial charge in [-0.05, 0) is 73.5 Å². The Labute approximate surface area is 249 Å². The van der Waals surface area contributed by atoms with Crippen LogP contribution in [0, 0.1) is 0 Å². The number of fused-ring (bicyclic) bond motifs is 1. The van der Waals surface area contributed by atoms with Crippen LogP contribution in [0.15, 0.2) is 79.0 Å². The predicted octanol–water partition coefficient (Wildman–Crippen LogP) is 6.02. The fourth-order valence-electron chi connectivity index (χ4n) is 4.43. The maximum absolute atomic E-state index is 13.1. The van der Waals surface area contributed by atoms with E-state index in [-0.39, 0.29) is 11.6 Å². The number of nitrogens with zero attached hydrogens (tertiary/aromatic N) is 5. The maximum atomic E-state index is 13.1. The number of amides is 3. The third-order valence-corrected chi connectivity index (χ3v) is 6.69. The van der Waals surface area contributed by atoms with E-state index in [0.29, 0.717) is 23.0 Å². The Morgan fingerprint density at radius 2 is 1.74 bits per heavy atom. The summed E-state index contributed by atoms with van der Waals surface area (Å²) in [4.78, 5) is 35.6. The van der Waals surface area contributed by atoms with Gasteiger partial charge in [-0.1, -0.05) is 13.3 Å². The molecule has 43 heavy (non-hydrogen) atoms. The Balaban J connectivity index is 1.30. The number of aromatic nitrogens is 4. The van der Waals surface area contributed by atoms with Crippen LogP contribution in [-0.4, -0.2) is 52.8 Å². The first-order valence-corrected chi connectivity index (χ1v) is 14.0. The van der Waals surface area contributed by atoms with Crippen LogP contribution in [-0.2, 0) is 6.42 Å². The topological polar surface area (TPSA) is 126 Å². The average Bonchev–Trinajstić information content (AvgIpc) is 3.42. The quantitative estimate of drug-likeness (QED) is 0.185. The summed E-state index contributed by atoms with van der Waals surface area (Å²) in [5.41, 5.74) is 3.43. The number of benzene rings is 2. The smallest absolute Gasteiger partial charge is 0.324 e. The van der Waals surface area contributed by atoms with Crippen LogP contribution in [0.3, 0.4) is 0 Å². The van der Waals surface area contributed by atoms with Gasteiger partial charge >= 0.3 is 6.03 Å². The molecule has 3 amide bonds. The van der Waals surface area contributed by atoms with E-state index in [2.05, 4.69) is 27.9 Å². The molecule has 0 saturated carbocycles. The molecule has 0 unspecified atom stereocenters. The molecule has 11 nitrogen and oxygen atoms in total. The molecule has 0 aliphatic heterocycles. The summed E-state index contributed by atoms with van der Waals surface area (Å²) >= 11 is 0. The number of carbonyl (C=O) groups excluding carboxylic acids is 2. The largest absolute Gasteiger partial charge is 0.457 e. The molecule has 0 atom stereocenters. The Morgan fingerprint density at radius 3 is 2.49 bits per heavy atom. The van der Waals surface area contributed by atoms with E-state index in [4.69, 9.17) is 14.8 Å². The Bertz CT molecular complexity index is 1750. The lowest BCUT2D eigenvalue weighted by Gasteiger charge is -2.13. The van der Waals surface area contributed by atoms with E-state index in [9.17, 15) is 9.59 Å². The van der Waals surface area contributed by atoms with Crippen LogP contribution in [0.4, 0.5) is 22.1 Å². The van der Waals surface area contributed by atoms with E-state index >= 15 is 0 Å². The summed E-state index contributed by atoms with van der Waals surface area (Å²) in [6.07, 6.45) is 4.36. The summed E-state index contributed by atoms with van der Waals surface area (Å²) in [5, 5.41) is 14.1. The molecule has 0 spiro atoms. The molecule has 5 aromatic rings. The van der Waals surface area contributed by atoms with Crippen molar-refractivity contribution in [3.63, 3.8) is 0 Å². The van der Waals surface area contributed by atoms with Gasteiger partial charge in [-0.25, -0.2) is 14.5 Å². The van der Waals surface area contributed by atoms with Crippen LogP contribution < -0.4 is 25.6 Å². The first kappa shape index (κ1) is 29.1. The molecule has 0 radical (unpaired) electrons. The lowest BCUT2D eigenvalue weighted by atomic mass is 10.2. The molecular weight excluding hydrogens is 544 g/mol. The molecule has 11 heteroatoms. The number of rotatable bonds is 10. The highest BCUT2D eigenvalue weighted by atomic mass is 16.5. The monoisotopic (exact) mass is 578 g/mol. The van der Waals surface area contributed by atoms with Gasteiger partial charge in [0.05, 0.1) is 16.9 Å². The molecule has 0 bridgehead atoms. The summed E-state index contributed by atoms with van der Waals surface area (Å²) in [6.45, 7) is 2.14. The summed E-state index contributed by atoms with van der Waals surface area (Å²) in [7, 11) is 5.46. The highest BCUT2D eigenvalue weighted by Crippen LogP contribution is 2.26. The van der Waals surface area contributed by atoms with E-state index < -0.39 is 6.03 Å². The van der Waals surface area contributed by atoms with Crippen molar-refractivity contribution in [1.29, 1.82) is 0 Å². The van der Waals surface area contributed by atoms with Crippen LogP contribution in [0.1, 0.15) is 35.9 Å². The maximum Gasteiger partial charge on any atom is 0.324 e. The van der Waals surface area contributed by atoms with E-state index in [1.807, 2.05) is 55.4 Å². The van der Waals surface area contributed by atoms with Gasteiger partial charge in [0.1, 0.15) is 28.8 Å². The van der Waals surface area contributed by atoms with Gasteiger partial charge in [-0.15, -0.1) is 0 Å². The highest BCUT2D eigenvalue weighted by Gasteiger charge is 2.14. The fourth-order valence-corrected chi connectivity index (χ4v) is 4.43. The zero-order valence-corrected chi connectivity index (χ0v) is 24.6. The van der Waals surface area contributed by atoms with E-state index in [1.54, 1.807) is 48.1 Å². The zero-order valence-electron chi connectivity index (χ0n) is 24.6.